The fourth-order valence-electron chi connectivity index (χ4n) is 4.51. The quantitative estimate of drug-likeness (QED) is 0.195. The molecule has 1 heterocycles. The van der Waals surface area contributed by atoms with Crippen molar-refractivity contribution in [2.24, 2.45) is 11.8 Å². The third kappa shape index (κ3) is 8.42. The average molecular weight is 425 g/mol. The van der Waals surface area contributed by atoms with E-state index in [9.17, 15) is 22.4 Å². The maximum atomic E-state index is 13.0. The Morgan fingerprint density at radius 2 is 1.66 bits per heavy atom. The number of hydrogen-bond acceptors (Lipinski definition) is 3. The topological polar surface area (TPSA) is 35.5 Å². The summed E-state index contributed by atoms with van der Waals surface area (Å²) in [6, 6.07) is 0. The van der Waals surface area contributed by atoms with Gasteiger partial charge in [0.1, 0.15) is 6.10 Å². The van der Waals surface area contributed by atoms with Crippen molar-refractivity contribution in [1.82, 2.24) is 0 Å². The lowest BCUT2D eigenvalue weighted by atomic mass is 9.81. The van der Waals surface area contributed by atoms with E-state index < -0.39 is 18.6 Å². The Balaban J connectivity index is 1.60. The van der Waals surface area contributed by atoms with Crippen molar-refractivity contribution >= 4 is 5.97 Å². The number of cyclic esters (lactones) is 1. The maximum absolute atomic E-state index is 13.0. The zero-order valence-electron chi connectivity index (χ0n) is 17.5. The monoisotopic (exact) mass is 424 g/mol. The number of ether oxygens (including phenoxy) is 2. The third-order valence-corrected chi connectivity index (χ3v) is 6.38. The smallest absolute Gasteiger partial charge is 0.416 e. The highest BCUT2D eigenvalue weighted by Crippen LogP contribution is 2.36. The van der Waals surface area contributed by atoms with Crippen LogP contribution in [-0.2, 0) is 14.3 Å². The fourth-order valence-corrected chi connectivity index (χ4v) is 4.51. The van der Waals surface area contributed by atoms with E-state index in [1.807, 2.05) is 0 Å². The van der Waals surface area contributed by atoms with Gasteiger partial charge in [0.2, 0.25) is 0 Å². The van der Waals surface area contributed by atoms with Crippen LogP contribution in [0.1, 0.15) is 96.8 Å². The highest BCUT2D eigenvalue weighted by molar-refractivity contribution is 5.73. The van der Waals surface area contributed by atoms with E-state index in [0.717, 1.165) is 38.5 Å². The van der Waals surface area contributed by atoms with E-state index in [1.54, 1.807) is 0 Å². The van der Waals surface area contributed by atoms with Crippen molar-refractivity contribution in [3.05, 3.63) is 0 Å². The molecule has 0 aromatic rings. The van der Waals surface area contributed by atoms with Gasteiger partial charge in [0, 0.05) is 0 Å². The van der Waals surface area contributed by atoms with Gasteiger partial charge in [0.15, 0.2) is 0 Å². The van der Waals surface area contributed by atoms with Gasteiger partial charge in [-0.25, -0.2) is 8.78 Å². The number of rotatable bonds is 12. The van der Waals surface area contributed by atoms with Crippen LogP contribution in [-0.4, -0.2) is 30.7 Å². The van der Waals surface area contributed by atoms with Crippen LogP contribution >= 0.6 is 0 Å². The molecule has 0 radical (unpaired) electrons. The number of alkyl halides is 4. The summed E-state index contributed by atoms with van der Waals surface area (Å²) < 4.78 is 60.4. The molecule has 2 aliphatic rings. The molecule has 3 nitrogen and oxygen atoms in total. The fraction of sp³-hybridized carbons (Fsp3) is 0.955. The SMILES string of the molecule is CCCCCCCC1CCC(CCC2CCC(OC(F)(F)C(F)F)CC2)C(=O)O1. The molecular weight excluding hydrogens is 388 g/mol. The molecule has 0 N–H and O–H groups in total. The number of esters is 1. The zero-order valence-corrected chi connectivity index (χ0v) is 17.5. The van der Waals surface area contributed by atoms with E-state index in [2.05, 4.69) is 11.7 Å². The number of carbonyl (C=O) groups is 1. The Morgan fingerprint density at radius 1 is 0.966 bits per heavy atom. The zero-order chi connectivity index (χ0) is 21.3. The van der Waals surface area contributed by atoms with Crippen LogP contribution < -0.4 is 0 Å². The first-order chi connectivity index (χ1) is 13.8. The van der Waals surface area contributed by atoms with Crippen molar-refractivity contribution < 1.29 is 31.8 Å². The molecule has 0 aromatic carbocycles. The number of carbonyl (C=O) groups excluding carboxylic acids is 1. The molecule has 2 unspecified atom stereocenters. The first kappa shape index (κ1) is 24.4. The molecule has 1 aliphatic heterocycles. The number of halogens is 4. The van der Waals surface area contributed by atoms with Gasteiger partial charge in [0.05, 0.1) is 12.0 Å². The minimum absolute atomic E-state index is 0.0597. The van der Waals surface area contributed by atoms with Crippen molar-refractivity contribution in [2.75, 3.05) is 0 Å². The molecule has 7 heteroatoms. The summed E-state index contributed by atoms with van der Waals surface area (Å²) in [4.78, 5) is 12.3. The predicted molar refractivity (Wildman–Crippen MR) is 103 cm³/mol. The van der Waals surface area contributed by atoms with E-state index in [-0.39, 0.29) is 18.0 Å². The minimum Gasteiger partial charge on any atom is -0.462 e. The second kappa shape index (κ2) is 12.1. The first-order valence-corrected chi connectivity index (χ1v) is 11.4. The molecular formula is C22H36F4O3. The van der Waals surface area contributed by atoms with Gasteiger partial charge in [0.25, 0.3) is 0 Å². The molecule has 0 bridgehead atoms. The minimum atomic E-state index is -4.37. The third-order valence-electron chi connectivity index (χ3n) is 6.38. The van der Waals surface area contributed by atoms with Crippen LogP contribution in [0.5, 0.6) is 0 Å². The molecule has 2 atom stereocenters. The van der Waals surface area contributed by atoms with Crippen molar-refractivity contribution in [1.29, 1.82) is 0 Å². The largest absolute Gasteiger partial charge is 0.462 e. The Hall–Kier alpha value is -0.850. The van der Waals surface area contributed by atoms with E-state index in [4.69, 9.17) is 4.74 Å². The lowest BCUT2D eigenvalue weighted by Gasteiger charge is -2.32. The van der Waals surface area contributed by atoms with Crippen LogP contribution in [0.25, 0.3) is 0 Å². The summed E-state index contributed by atoms with van der Waals surface area (Å²) in [7, 11) is 0. The van der Waals surface area contributed by atoms with Crippen molar-refractivity contribution in [2.45, 2.75) is 122 Å². The molecule has 2 rings (SSSR count). The molecule has 1 aliphatic carbocycles. The van der Waals surface area contributed by atoms with E-state index >= 15 is 0 Å². The van der Waals surface area contributed by atoms with Crippen LogP contribution in [0.3, 0.4) is 0 Å². The Morgan fingerprint density at radius 3 is 2.28 bits per heavy atom. The van der Waals surface area contributed by atoms with Crippen LogP contribution in [0.2, 0.25) is 0 Å². The van der Waals surface area contributed by atoms with Gasteiger partial charge in [-0.1, -0.05) is 32.6 Å². The number of hydrogen-bond donors (Lipinski definition) is 0. The Bertz CT molecular complexity index is 479. The molecule has 1 saturated carbocycles. The normalized spacial score (nSPS) is 28.6. The summed E-state index contributed by atoms with van der Waals surface area (Å²) in [5, 5.41) is 0. The second-order valence-electron chi connectivity index (χ2n) is 8.74. The van der Waals surface area contributed by atoms with Gasteiger partial charge in [-0.3, -0.25) is 4.79 Å². The summed E-state index contributed by atoms with van der Waals surface area (Å²) in [5.74, 6) is 0.172. The molecule has 1 saturated heterocycles. The highest BCUT2D eigenvalue weighted by Gasteiger charge is 2.45. The Kier molecular flexibility index (Phi) is 10.2. The van der Waals surface area contributed by atoms with Gasteiger partial charge in [-0.2, -0.15) is 8.78 Å². The van der Waals surface area contributed by atoms with E-state index in [0.29, 0.717) is 31.6 Å². The molecule has 170 valence electrons. The van der Waals surface area contributed by atoms with Gasteiger partial charge in [-0.05, 0) is 70.1 Å². The van der Waals surface area contributed by atoms with Crippen LogP contribution in [0.4, 0.5) is 17.6 Å². The standard InChI is InChI=1S/C22H36F4O3/c1-2-3-4-5-6-7-18-15-12-17(20(27)28-18)11-8-16-9-13-19(14-10-16)29-22(25,26)21(23)24/h16-19,21H,2-15H2,1H3. The lowest BCUT2D eigenvalue weighted by molar-refractivity contribution is -0.321. The Labute approximate surface area is 171 Å². The van der Waals surface area contributed by atoms with Gasteiger partial charge >= 0.3 is 18.5 Å². The van der Waals surface area contributed by atoms with Crippen molar-refractivity contribution in [3.8, 4) is 0 Å². The molecule has 0 aromatic heterocycles. The van der Waals surface area contributed by atoms with Gasteiger partial charge in [-0.15, -0.1) is 0 Å². The van der Waals surface area contributed by atoms with Crippen LogP contribution in [0, 0.1) is 11.8 Å². The molecule has 2 fully saturated rings. The molecule has 0 spiro atoms. The summed E-state index contributed by atoms with van der Waals surface area (Å²) >= 11 is 0. The van der Waals surface area contributed by atoms with Crippen LogP contribution in [0.15, 0.2) is 0 Å². The predicted octanol–water partition coefficient (Wildman–Crippen LogP) is 6.88. The average Bonchev–Trinajstić information content (AvgIpc) is 2.68. The summed E-state index contributed by atoms with van der Waals surface area (Å²) in [5.41, 5.74) is 0. The molecule has 29 heavy (non-hydrogen) atoms. The number of unbranched alkanes of at least 4 members (excludes halogenated alkanes) is 4. The van der Waals surface area contributed by atoms with E-state index in [1.165, 1.54) is 25.7 Å². The summed E-state index contributed by atoms with van der Waals surface area (Å²) in [6.45, 7) is 2.19. The lowest BCUT2D eigenvalue weighted by Crippen LogP contribution is -2.36. The first-order valence-electron chi connectivity index (χ1n) is 11.4. The van der Waals surface area contributed by atoms with Crippen molar-refractivity contribution in [3.63, 3.8) is 0 Å². The highest BCUT2D eigenvalue weighted by atomic mass is 19.3. The van der Waals surface area contributed by atoms with Gasteiger partial charge < -0.3 is 9.47 Å². The second-order valence-corrected chi connectivity index (χ2v) is 8.74. The maximum Gasteiger partial charge on any atom is 0.416 e. The molecule has 0 amide bonds. The summed E-state index contributed by atoms with van der Waals surface area (Å²) in [6.07, 6.45) is 3.53.